The van der Waals surface area contributed by atoms with Gasteiger partial charge in [0.25, 0.3) is 0 Å². The Hall–Kier alpha value is -2.78. The van der Waals surface area contributed by atoms with E-state index in [-0.39, 0.29) is 12.5 Å². The van der Waals surface area contributed by atoms with Gasteiger partial charge in [-0.05, 0) is 55.3 Å². The number of ether oxygens (including phenoxy) is 1. The van der Waals surface area contributed by atoms with Crippen molar-refractivity contribution in [1.29, 1.82) is 0 Å². The largest absolute Gasteiger partial charge is 0.497 e. The number of hydrogen-bond acceptors (Lipinski definition) is 5. The summed E-state index contributed by atoms with van der Waals surface area (Å²) in [5.41, 5.74) is 1.09. The van der Waals surface area contributed by atoms with E-state index in [0.717, 1.165) is 29.0 Å². The second-order valence-corrected chi connectivity index (χ2v) is 10.3. The third kappa shape index (κ3) is 7.92. The number of carbonyl (C=O) groups is 2. The third-order valence-electron chi connectivity index (χ3n) is 5.30. The van der Waals surface area contributed by atoms with Crippen LogP contribution in [0.5, 0.6) is 5.75 Å². The van der Waals surface area contributed by atoms with E-state index in [1.165, 1.54) is 12.0 Å². The summed E-state index contributed by atoms with van der Waals surface area (Å²) in [6, 6.07) is 12.5. The highest BCUT2D eigenvalue weighted by molar-refractivity contribution is 7.92. The van der Waals surface area contributed by atoms with Crippen molar-refractivity contribution in [3.63, 3.8) is 0 Å². The van der Waals surface area contributed by atoms with Crippen molar-refractivity contribution in [3.8, 4) is 5.75 Å². The molecule has 10 heteroatoms. The van der Waals surface area contributed by atoms with Gasteiger partial charge in [-0.2, -0.15) is 0 Å². The van der Waals surface area contributed by atoms with E-state index < -0.39 is 28.5 Å². The molecule has 1 N–H and O–H groups in total. The van der Waals surface area contributed by atoms with E-state index in [9.17, 15) is 18.0 Å². The highest BCUT2D eigenvalue weighted by Gasteiger charge is 2.30. The number of sulfonamides is 1. The Kier molecular flexibility index (Phi) is 10.2. The molecule has 2 aromatic rings. The standard InChI is InChI=1S/C24H32ClN3O5S/c1-5-6-15-26-24(30)18(2)27(16-19-7-9-20(25)10-8-19)23(29)17-28(34(4,31)32)21-11-13-22(33-3)14-12-21/h7-14,18H,5-6,15-17H2,1-4H3,(H,26,30). The monoisotopic (exact) mass is 509 g/mol. The molecule has 34 heavy (non-hydrogen) atoms. The van der Waals surface area contributed by atoms with Crippen molar-refractivity contribution in [1.82, 2.24) is 10.2 Å². The van der Waals surface area contributed by atoms with Crippen LogP contribution in [0.1, 0.15) is 32.3 Å². The van der Waals surface area contributed by atoms with E-state index in [4.69, 9.17) is 16.3 Å². The molecule has 8 nitrogen and oxygen atoms in total. The van der Waals surface area contributed by atoms with Crippen LogP contribution in [0.25, 0.3) is 0 Å². The Bertz CT molecular complexity index is 1060. The first-order valence-corrected chi connectivity index (χ1v) is 13.2. The predicted octanol–water partition coefficient (Wildman–Crippen LogP) is 3.45. The number of hydrogen-bond donors (Lipinski definition) is 1. The SMILES string of the molecule is CCCCNC(=O)C(C)N(Cc1ccc(Cl)cc1)C(=O)CN(c1ccc(OC)cc1)S(C)(=O)=O. The first-order chi connectivity index (χ1) is 16.1. The van der Waals surface area contributed by atoms with Gasteiger partial charge in [0.15, 0.2) is 0 Å². The minimum atomic E-state index is -3.78. The molecule has 0 aliphatic rings. The Balaban J connectivity index is 2.32. The van der Waals surface area contributed by atoms with Crippen LogP contribution in [-0.2, 0) is 26.2 Å². The molecule has 186 valence electrons. The van der Waals surface area contributed by atoms with Gasteiger partial charge in [0.2, 0.25) is 21.8 Å². The number of unbranched alkanes of at least 4 members (excludes halogenated alkanes) is 1. The van der Waals surface area contributed by atoms with Crippen molar-refractivity contribution in [3.05, 3.63) is 59.1 Å². The molecule has 2 aromatic carbocycles. The zero-order valence-electron chi connectivity index (χ0n) is 20.0. The van der Waals surface area contributed by atoms with Crippen molar-refractivity contribution in [2.75, 3.05) is 30.8 Å². The smallest absolute Gasteiger partial charge is 0.244 e. The summed E-state index contributed by atoms with van der Waals surface area (Å²) in [5.74, 6) is -0.245. The lowest BCUT2D eigenvalue weighted by Gasteiger charge is -2.31. The maximum atomic E-state index is 13.4. The molecule has 0 aliphatic carbocycles. The van der Waals surface area contributed by atoms with E-state index in [1.807, 2.05) is 6.92 Å². The van der Waals surface area contributed by atoms with Crippen molar-refractivity contribution >= 4 is 39.1 Å². The van der Waals surface area contributed by atoms with Crippen molar-refractivity contribution in [2.45, 2.75) is 39.3 Å². The number of nitrogens with zero attached hydrogens (tertiary/aromatic N) is 2. The molecule has 0 aliphatic heterocycles. The van der Waals surface area contributed by atoms with Crippen LogP contribution in [0.15, 0.2) is 48.5 Å². The van der Waals surface area contributed by atoms with Crippen LogP contribution in [0.3, 0.4) is 0 Å². The molecule has 0 fully saturated rings. The van der Waals surface area contributed by atoms with Crippen LogP contribution in [0.2, 0.25) is 5.02 Å². The third-order valence-corrected chi connectivity index (χ3v) is 6.70. The summed E-state index contributed by atoms with van der Waals surface area (Å²) < 4.78 is 31.2. The Morgan fingerprint density at radius 2 is 1.71 bits per heavy atom. The fourth-order valence-electron chi connectivity index (χ4n) is 3.27. The molecule has 0 saturated heterocycles. The van der Waals surface area contributed by atoms with Gasteiger partial charge < -0.3 is 15.0 Å². The van der Waals surface area contributed by atoms with Gasteiger partial charge in [-0.25, -0.2) is 8.42 Å². The molecule has 0 aromatic heterocycles. The zero-order valence-corrected chi connectivity index (χ0v) is 21.5. The van der Waals surface area contributed by atoms with E-state index >= 15 is 0 Å². The normalized spacial score (nSPS) is 12.0. The van der Waals surface area contributed by atoms with Crippen LogP contribution in [-0.4, -0.2) is 57.6 Å². The second kappa shape index (κ2) is 12.6. The minimum absolute atomic E-state index is 0.124. The van der Waals surface area contributed by atoms with Crippen LogP contribution < -0.4 is 14.4 Å². The maximum absolute atomic E-state index is 13.4. The molecule has 1 atom stereocenters. The van der Waals surface area contributed by atoms with Gasteiger partial charge >= 0.3 is 0 Å². The minimum Gasteiger partial charge on any atom is -0.497 e. The Morgan fingerprint density at radius 1 is 1.09 bits per heavy atom. The molecule has 0 saturated carbocycles. The fraction of sp³-hybridized carbons (Fsp3) is 0.417. The molecule has 2 amide bonds. The Labute approximate surface area is 206 Å². The summed E-state index contributed by atoms with van der Waals surface area (Å²) in [4.78, 5) is 27.6. The topological polar surface area (TPSA) is 96.0 Å². The summed E-state index contributed by atoms with van der Waals surface area (Å²) >= 11 is 5.98. The number of nitrogens with one attached hydrogen (secondary N) is 1. The van der Waals surface area contributed by atoms with Gasteiger partial charge in [0, 0.05) is 18.1 Å². The molecule has 0 heterocycles. The van der Waals surface area contributed by atoms with Crippen molar-refractivity contribution in [2.24, 2.45) is 0 Å². The number of benzene rings is 2. The highest BCUT2D eigenvalue weighted by atomic mass is 35.5. The Morgan fingerprint density at radius 3 is 2.24 bits per heavy atom. The van der Waals surface area contributed by atoms with Gasteiger partial charge in [-0.1, -0.05) is 37.1 Å². The molecule has 0 radical (unpaired) electrons. The van der Waals surface area contributed by atoms with E-state index in [1.54, 1.807) is 55.5 Å². The molecular weight excluding hydrogens is 478 g/mol. The van der Waals surface area contributed by atoms with Gasteiger partial charge in [0.05, 0.1) is 19.1 Å². The number of methoxy groups -OCH3 is 1. The number of anilines is 1. The van der Waals surface area contributed by atoms with Gasteiger partial charge in [-0.3, -0.25) is 13.9 Å². The maximum Gasteiger partial charge on any atom is 0.244 e. The average molecular weight is 510 g/mol. The van der Waals surface area contributed by atoms with E-state index in [0.29, 0.717) is 23.0 Å². The molecule has 0 spiro atoms. The first-order valence-electron chi connectivity index (χ1n) is 11.0. The fourth-order valence-corrected chi connectivity index (χ4v) is 4.24. The predicted molar refractivity (Wildman–Crippen MR) is 135 cm³/mol. The lowest BCUT2D eigenvalue weighted by Crippen LogP contribution is -2.51. The summed E-state index contributed by atoms with van der Waals surface area (Å²) in [6.45, 7) is 3.83. The number of amides is 2. The molecule has 2 rings (SSSR count). The lowest BCUT2D eigenvalue weighted by molar-refractivity contribution is -0.139. The number of rotatable bonds is 12. The average Bonchev–Trinajstić information content (AvgIpc) is 2.81. The van der Waals surface area contributed by atoms with E-state index in [2.05, 4.69) is 5.32 Å². The summed E-state index contributed by atoms with van der Waals surface area (Å²) in [6.07, 6.45) is 2.78. The lowest BCUT2D eigenvalue weighted by atomic mass is 10.1. The van der Waals surface area contributed by atoms with Crippen LogP contribution in [0.4, 0.5) is 5.69 Å². The second-order valence-electron chi connectivity index (χ2n) is 7.94. The molecule has 0 bridgehead atoms. The zero-order chi connectivity index (χ0) is 25.3. The number of carbonyl (C=O) groups excluding carboxylic acids is 2. The molecular formula is C24H32ClN3O5S. The summed E-state index contributed by atoms with van der Waals surface area (Å²) in [7, 11) is -2.27. The highest BCUT2D eigenvalue weighted by Crippen LogP contribution is 2.22. The number of halogens is 1. The quantitative estimate of drug-likeness (QED) is 0.442. The van der Waals surface area contributed by atoms with Crippen LogP contribution >= 0.6 is 11.6 Å². The first kappa shape index (κ1) is 27.5. The van der Waals surface area contributed by atoms with Gasteiger partial charge in [0.1, 0.15) is 18.3 Å². The molecule has 1 unspecified atom stereocenters. The van der Waals surface area contributed by atoms with Crippen LogP contribution in [0, 0.1) is 0 Å². The van der Waals surface area contributed by atoms with Crippen molar-refractivity contribution < 1.29 is 22.7 Å². The summed E-state index contributed by atoms with van der Waals surface area (Å²) in [5, 5.41) is 3.39. The van der Waals surface area contributed by atoms with Gasteiger partial charge in [-0.15, -0.1) is 0 Å².